The van der Waals surface area contributed by atoms with E-state index in [-0.39, 0.29) is 0 Å². The highest BCUT2D eigenvalue weighted by molar-refractivity contribution is 5.64. The average Bonchev–Trinajstić information content (AvgIpc) is 2.32. The van der Waals surface area contributed by atoms with Crippen LogP contribution in [0.2, 0.25) is 0 Å². The molecule has 1 nitrogen and oxygen atoms in total. The van der Waals surface area contributed by atoms with Crippen LogP contribution in [0.25, 0.3) is 5.57 Å². The summed E-state index contributed by atoms with van der Waals surface area (Å²) in [5.74, 6) is 0. The van der Waals surface area contributed by atoms with Crippen LogP contribution in [0.5, 0.6) is 0 Å². The molecular weight excluding hydrogens is 206 g/mol. The fourth-order valence-corrected chi connectivity index (χ4v) is 1.80. The van der Waals surface area contributed by atoms with Gasteiger partial charge in [-0.15, -0.1) is 0 Å². The normalized spacial score (nSPS) is 11.9. The second-order valence-corrected chi connectivity index (χ2v) is 4.72. The van der Waals surface area contributed by atoms with Crippen LogP contribution in [-0.4, -0.2) is 13.1 Å². The fraction of sp³-hybridized carbons (Fsp3) is 0.500. The Bertz CT molecular complexity index is 377. The Morgan fingerprint density at radius 2 is 1.94 bits per heavy atom. The predicted molar refractivity (Wildman–Crippen MR) is 77.3 cm³/mol. The molecule has 0 unspecified atom stereocenters. The van der Waals surface area contributed by atoms with Gasteiger partial charge in [-0.1, -0.05) is 31.2 Å². The van der Waals surface area contributed by atoms with E-state index in [4.69, 9.17) is 0 Å². The van der Waals surface area contributed by atoms with E-state index in [2.05, 4.69) is 57.3 Å². The molecule has 94 valence electrons. The number of aryl methyl sites for hydroxylation is 2. The molecule has 1 N–H and O–H groups in total. The highest BCUT2D eigenvalue weighted by Crippen LogP contribution is 2.17. The molecule has 0 aromatic heterocycles. The summed E-state index contributed by atoms with van der Waals surface area (Å²) in [6.07, 6.45) is 4.64. The second-order valence-electron chi connectivity index (χ2n) is 4.72. The van der Waals surface area contributed by atoms with Gasteiger partial charge in [-0.25, -0.2) is 0 Å². The molecule has 0 aliphatic heterocycles. The Morgan fingerprint density at radius 1 is 1.18 bits per heavy atom. The fourth-order valence-electron chi connectivity index (χ4n) is 1.80. The summed E-state index contributed by atoms with van der Waals surface area (Å²) in [5, 5.41) is 3.42. The van der Waals surface area contributed by atoms with E-state index in [1.807, 2.05) is 0 Å². The smallest absolute Gasteiger partial charge is 0.00141 e. The first kappa shape index (κ1) is 14.0. The molecule has 0 bridgehead atoms. The Morgan fingerprint density at radius 3 is 2.59 bits per heavy atom. The molecule has 0 fully saturated rings. The SMILES string of the molecule is CCCNCCC=C(C)c1ccc(C)c(C)c1. The monoisotopic (exact) mass is 231 g/mol. The minimum Gasteiger partial charge on any atom is -0.316 e. The zero-order valence-electron chi connectivity index (χ0n) is 11.6. The van der Waals surface area contributed by atoms with Crippen molar-refractivity contribution in [3.63, 3.8) is 0 Å². The van der Waals surface area contributed by atoms with Crippen molar-refractivity contribution in [1.82, 2.24) is 5.32 Å². The minimum atomic E-state index is 1.08. The van der Waals surface area contributed by atoms with E-state index in [1.54, 1.807) is 0 Å². The van der Waals surface area contributed by atoms with Crippen LogP contribution in [0.15, 0.2) is 24.3 Å². The molecule has 0 aliphatic carbocycles. The minimum absolute atomic E-state index is 1.08. The van der Waals surface area contributed by atoms with E-state index in [0.717, 1.165) is 19.5 Å². The Labute approximate surface area is 106 Å². The van der Waals surface area contributed by atoms with Gasteiger partial charge in [-0.2, -0.15) is 0 Å². The van der Waals surface area contributed by atoms with Gasteiger partial charge in [0.25, 0.3) is 0 Å². The van der Waals surface area contributed by atoms with Crippen LogP contribution in [0.1, 0.15) is 43.4 Å². The van der Waals surface area contributed by atoms with E-state index >= 15 is 0 Å². The molecule has 17 heavy (non-hydrogen) atoms. The van der Waals surface area contributed by atoms with Crippen LogP contribution >= 0.6 is 0 Å². The van der Waals surface area contributed by atoms with Gasteiger partial charge in [-0.3, -0.25) is 0 Å². The predicted octanol–water partition coefficient (Wildman–Crippen LogP) is 4.10. The molecule has 0 saturated carbocycles. The number of nitrogens with one attached hydrogen (secondary N) is 1. The number of rotatable bonds is 6. The van der Waals surface area contributed by atoms with E-state index < -0.39 is 0 Å². The first-order valence-corrected chi connectivity index (χ1v) is 6.60. The third kappa shape index (κ3) is 4.74. The maximum absolute atomic E-state index is 3.42. The van der Waals surface area contributed by atoms with Crippen molar-refractivity contribution in [2.45, 2.75) is 40.5 Å². The molecule has 0 heterocycles. The number of hydrogen-bond donors (Lipinski definition) is 1. The van der Waals surface area contributed by atoms with Crippen LogP contribution in [0, 0.1) is 13.8 Å². The molecule has 1 rings (SSSR count). The van der Waals surface area contributed by atoms with Crippen LogP contribution in [-0.2, 0) is 0 Å². The summed E-state index contributed by atoms with van der Waals surface area (Å²) in [4.78, 5) is 0. The maximum atomic E-state index is 3.42. The first-order valence-electron chi connectivity index (χ1n) is 6.60. The van der Waals surface area contributed by atoms with Gasteiger partial charge >= 0.3 is 0 Å². The first-order chi connectivity index (χ1) is 8.15. The Kier molecular flexibility index (Phi) is 5.99. The molecule has 0 atom stereocenters. The summed E-state index contributed by atoms with van der Waals surface area (Å²) >= 11 is 0. The molecule has 1 aromatic carbocycles. The highest BCUT2D eigenvalue weighted by atomic mass is 14.8. The number of hydrogen-bond acceptors (Lipinski definition) is 1. The molecular formula is C16H25N. The van der Waals surface area contributed by atoms with Crippen molar-refractivity contribution < 1.29 is 0 Å². The lowest BCUT2D eigenvalue weighted by Crippen LogP contribution is -2.15. The molecule has 1 aromatic rings. The Hall–Kier alpha value is -1.08. The van der Waals surface area contributed by atoms with Gasteiger partial charge in [0.15, 0.2) is 0 Å². The van der Waals surface area contributed by atoms with Gasteiger partial charge < -0.3 is 5.32 Å². The van der Waals surface area contributed by atoms with E-state index in [9.17, 15) is 0 Å². The lowest BCUT2D eigenvalue weighted by Gasteiger charge is -2.06. The third-order valence-corrected chi connectivity index (χ3v) is 3.16. The Balaban J connectivity index is 2.53. The second kappa shape index (κ2) is 7.29. The van der Waals surface area contributed by atoms with E-state index in [0.29, 0.717) is 0 Å². The number of allylic oxidation sites excluding steroid dienone is 1. The summed E-state index contributed by atoms with van der Waals surface area (Å²) in [6.45, 7) is 10.9. The standard InChI is InChI=1S/C16H25N/c1-5-10-17-11-6-7-14(3)16-9-8-13(2)15(4)12-16/h7-9,12,17H,5-6,10-11H2,1-4H3. The van der Waals surface area contributed by atoms with E-state index in [1.165, 1.54) is 28.7 Å². The lowest BCUT2D eigenvalue weighted by atomic mass is 10.0. The highest BCUT2D eigenvalue weighted by Gasteiger charge is 1.98. The quantitative estimate of drug-likeness (QED) is 0.727. The van der Waals surface area contributed by atoms with Crippen LogP contribution < -0.4 is 5.32 Å². The van der Waals surface area contributed by atoms with Crippen molar-refractivity contribution in [3.05, 3.63) is 41.0 Å². The van der Waals surface area contributed by atoms with Crippen molar-refractivity contribution in [3.8, 4) is 0 Å². The average molecular weight is 231 g/mol. The summed E-state index contributed by atoms with van der Waals surface area (Å²) in [5.41, 5.74) is 5.47. The molecule has 0 aliphatic rings. The molecule has 1 heteroatoms. The van der Waals surface area contributed by atoms with Gasteiger partial charge in [0.1, 0.15) is 0 Å². The largest absolute Gasteiger partial charge is 0.316 e. The van der Waals surface area contributed by atoms with Crippen molar-refractivity contribution in [2.24, 2.45) is 0 Å². The molecule has 0 saturated heterocycles. The zero-order valence-corrected chi connectivity index (χ0v) is 11.6. The van der Waals surface area contributed by atoms with Crippen LogP contribution in [0.3, 0.4) is 0 Å². The van der Waals surface area contributed by atoms with Gasteiger partial charge in [0.2, 0.25) is 0 Å². The van der Waals surface area contributed by atoms with Crippen LogP contribution in [0.4, 0.5) is 0 Å². The molecule has 0 spiro atoms. The van der Waals surface area contributed by atoms with Gasteiger partial charge in [-0.05, 0) is 69.0 Å². The zero-order chi connectivity index (χ0) is 12.7. The third-order valence-electron chi connectivity index (χ3n) is 3.16. The lowest BCUT2D eigenvalue weighted by molar-refractivity contribution is 0.678. The van der Waals surface area contributed by atoms with Crippen molar-refractivity contribution in [2.75, 3.05) is 13.1 Å². The van der Waals surface area contributed by atoms with Crippen molar-refractivity contribution in [1.29, 1.82) is 0 Å². The number of benzene rings is 1. The summed E-state index contributed by atoms with van der Waals surface area (Å²) in [6, 6.07) is 6.70. The molecule has 0 radical (unpaired) electrons. The summed E-state index contributed by atoms with van der Waals surface area (Å²) in [7, 11) is 0. The molecule has 0 amide bonds. The maximum Gasteiger partial charge on any atom is -0.00141 e. The van der Waals surface area contributed by atoms with Gasteiger partial charge in [0, 0.05) is 0 Å². The summed E-state index contributed by atoms with van der Waals surface area (Å²) < 4.78 is 0. The topological polar surface area (TPSA) is 12.0 Å². The van der Waals surface area contributed by atoms with Crippen molar-refractivity contribution >= 4 is 5.57 Å². The van der Waals surface area contributed by atoms with Gasteiger partial charge in [0.05, 0.1) is 0 Å².